The molecule has 3 rings (SSSR count). The average Bonchev–Trinajstić information content (AvgIpc) is 2.81. The summed E-state index contributed by atoms with van der Waals surface area (Å²) < 4.78 is 1.82. The van der Waals surface area contributed by atoms with Crippen LogP contribution in [0.4, 0.5) is 5.82 Å². The van der Waals surface area contributed by atoms with Crippen molar-refractivity contribution in [2.24, 2.45) is 0 Å². The van der Waals surface area contributed by atoms with Crippen LogP contribution in [0.25, 0.3) is 10.2 Å². The van der Waals surface area contributed by atoms with Gasteiger partial charge in [-0.15, -0.1) is 11.3 Å². The van der Waals surface area contributed by atoms with Crippen molar-refractivity contribution >= 4 is 27.4 Å². The number of rotatable bonds is 4. The molecular weight excluding hydrogens is 284 g/mol. The first-order valence-corrected chi connectivity index (χ1v) is 8.35. The van der Waals surface area contributed by atoms with Gasteiger partial charge in [0.25, 0.3) is 0 Å². The van der Waals surface area contributed by atoms with E-state index in [1.807, 2.05) is 18.7 Å². The van der Waals surface area contributed by atoms with E-state index in [9.17, 15) is 4.79 Å². The Labute approximate surface area is 128 Å². The number of thiophene rings is 1. The van der Waals surface area contributed by atoms with Crippen LogP contribution < -0.4 is 11.4 Å². The lowest BCUT2D eigenvalue weighted by molar-refractivity contribution is 0.386. The predicted octanol–water partition coefficient (Wildman–Crippen LogP) is 1.87. The zero-order valence-electron chi connectivity index (χ0n) is 12.7. The third kappa shape index (κ3) is 2.70. The van der Waals surface area contributed by atoms with Crippen molar-refractivity contribution in [3.63, 3.8) is 0 Å². The first-order chi connectivity index (χ1) is 10.1. The van der Waals surface area contributed by atoms with Crippen molar-refractivity contribution in [2.75, 3.05) is 26.4 Å². The molecule has 114 valence electrons. The Morgan fingerprint density at radius 2 is 2.10 bits per heavy atom. The Kier molecular flexibility index (Phi) is 3.99. The zero-order chi connectivity index (χ0) is 15.0. The van der Waals surface area contributed by atoms with Gasteiger partial charge in [-0.1, -0.05) is 0 Å². The van der Waals surface area contributed by atoms with Crippen molar-refractivity contribution < 1.29 is 0 Å². The molecule has 2 heterocycles. The first kappa shape index (κ1) is 14.5. The fraction of sp³-hybridized carbons (Fsp3) is 0.600. The van der Waals surface area contributed by atoms with E-state index in [4.69, 9.17) is 5.73 Å². The maximum Gasteiger partial charge on any atom is 0.350 e. The number of fused-ring (bicyclic) bond motifs is 3. The maximum absolute atomic E-state index is 12.2. The molecule has 0 bridgehead atoms. The summed E-state index contributed by atoms with van der Waals surface area (Å²) in [4.78, 5) is 20.8. The van der Waals surface area contributed by atoms with E-state index >= 15 is 0 Å². The summed E-state index contributed by atoms with van der Waals surface area (Å²) in [5, 5.41) is 1.04. The normalized spacial score (nSPS) is 14.8. The monoisotopic (exact) mass is 306 g/mol. The summed E-state index contributed by atoms with van der Waals surface area (Å²) in [5.41, 5.74) is 7.17. The summed E-state index contributed by atoms with van der Waals surface area (Å²) in [6.45, 7) is 1.67. The predicted molar refractivity (Wildman–Crippen MR) is 88.1 cm³/mol. The molecule has 2 aromatic heterocycles. The molecule has 1 aliphatic carbocycles. The molecule has 5 nitrogen and oxygen atoms in total. The topological polar surface area (TPSA) is 64.2 Å². The molecule has 0 atom stereocenters. The van der Waals surface area contributed by atoms with E-state index in [1.54, 1.807) is 11.3 Å². The van der Waals surface area contributed by atoms with E-state index in [0.717, 1.165) is 36.0 Å². The first-order valence-electron chi connectivity index (χ1n) is 7.53. The summed E-state index contributed by atoms with van der Waals surface area (Å²) in [7, 11) is 4.09. The number of aromatic nitrogens is 2. The van der Waals surface area contributed by atoms with Gasteiger partial charge in [0.1, 0.15) is 10.6 Å². The van der Waals surface area contributed by atoms with E-state index in [2.05, 4.69) is 9.88 Å². The molecule has 0 radical (unpaired) electrons. The second kappa shape index (κ2) is 5.77. The van der Waals surface area contributed by atoms with Crippen molar-refractivity contribution in [1.29, 1.82) is 0 Å². The highest BCUT2D eigenvalue weighted by Gasteiger charge is 2.21. The van der Waals surface area contributed by atoms with Gasteiger partial charge in [0, 0.05) is 11.4 Å². The number of anilines is 1. The molecule has 0 aromatic carbocycles. The number of aryl methyl sites for hydroxylation is 3. The Hall–Kier alpha value is -1.40. The molecule has 0 saturated heterocycles. The van der Waals surface area contributed by atoms with Gasteiger partial charge in [-0.2, -0.15) is 4.98 Å². The van der Waals surface area contributed by atoms with Crippen molar-refractivity contribution in [2.45, 2.75) is 38.6 Å². The van der Waals surface area contributed by atoms with Crippen molar-refractivity contribution in [3.05, 3.63) is 20.9 Å². The zero-order valence-corrected chi connectivity index (χ0v) is 13.5. The lowest BCUT2D eigenvalue weighted by atomic mass is 9.97. The molecule has 0 fully saturated rings. The third-order valence-corrected chi connectivity index (χ3v) is 5.40. The van der Waals surface area contributed by atoms with Gasteiger partial charge in [-0.3, -0.25) is 4.57 Å². The fourth-order valence-corrected chi connectivity index (χ4v) is 4.47. The molecule has 0 aliphatic heterocycles. The number of hydrogen-bond donors (Lipinski definition) is 1. The molecule has 2 aromatic rings. The van der Waals surface area contributed by atoms with E-state index in [-0.39, 0.29) is 5.69 Å². The highest BCUT2D eigenvalue weighted by Crippen LogP contribution is 2.37. The van der Waals surface area contributed by atoms with Gasteiger partial charge in [0.05, 0.1) is 5.39 Å². The second-order valence-corrected chi connectivity index (χ2v) is 7.06. The maximum atomic E-state index is 12.2. The molecule has 21 heavy (non-hydrogen) atoms. The summed E-state index contributed by atoms with van der Waals surface area (Å²) in [5.74, 6) is 0.415. The summed E-state index contributed by atoms with van der Waals surface area (Å²) in [6, 6.07) is 0. The molecular formula is C15H22N4OS. The van der Waals surface area contributed by atoms with E-state index < -0.39 is 0 Å². The van der Waals surface area contributed by atoms with Crippen LogP contribution in [0.2, 0.25) is 0 Å². The number of nitrogens with two attached hydrogens (primary N) is 1. The number of nitrogen functional groups attached to an aromatic ring is 1. The molecule has 6 heteroatoms. The quantitative estimate of drug-likeness (QED) is 0.936. The van der Waals surface area contributed by atoms with Crippen LogP contribution in [-0.4, -0.2) is 35.1 Å². The van der Waals surface area contributed by atoms with Crippen molar-refractivity contribution in [3.8, 4) is 0 Å². The minimum absolute atomic E-state index is 0.211. The standard InChI is InChI=1S/C15H22N4OS/c1-18(2)8-5-9-19-14-12(13(16)17-15(19)20)10-6-3-4-7-11(10)21-14/h3-9H2,1-2H3,(H2,16,17,20). The van der Waals surface area contributed by atoms with Crippen LogP contribution in [0.15, 0.2) is 4.79 Å². The van der Waals surface area contributed by atoms with Crippen molar-refractivity contribution in [1.82, 2.24) is 14.5 Å². The van der Waals surface area contributed by atoms with Gasteiger partial charge in [-0.05, 0) is 58.3 Å². The highest BCUT2D eigenvalue weighted by atomic mass is 32.1. The number of hydrogen-bond acceptors (Lipinski definition) is 5. The van der Waals surface area contributed by atoms with Crippen LogP contribution in [0.3, 0.4) is 0 Å². The fourth-order valence-electron chi connectivity index (χ4n) is 3.05. The average molecular weight is 306 g/mol. The minimum atomic E-state index is -0.211. The molecule has 0 amide bonds. The van der Waals surface area contributed by atoms with Crippen LogP contribution in [0, 0.1) is 0 Å². The van der Waals surface area contributed by atoms with Crippen LogP contribution in [0.5, 0.6) is 0 Å². The lowest BCUT2D eigenvalue weighted by Crippen LogP contribution is -2.25. The summed E-state index contributed by atoms with van der Waals surface area (Å²) in [6.07, 6.45) is 5.56. The van der Waals surface area contributed by atoms with Gasteiger partial charge < -0.3 is 10.6 Å². The summed E-state index contributed by atoms with van der Waals surface area (Å²) >= 11 is 1.74. The molecule has 2 N–H and O–H groups in total. The van der Waals surface area contributed by atoms with Crippen LogP contribution in [0.1, 0.15) is 29.7 Å². The second-order valence-electron chi connectivity index (χ2n) is 5.98. The largest absolute Gasteiger partial charge is 0.383 e. The Bertz CT molecular complexity index is 717. The lowest BCUT2D eigenvalue weighted by Gasteiger charge is -2.12. The van der Waals surface area contributed by atoms with Gasteiger partial charge in [0.15, 0.2) is 0 Å². The van der Waals surface area contributed by atoms with E-state index in [0.29, 0.717) is 12.4 Å². The Morgan fingerprint density at radius 1 is 1.33 bits per heavy atom. The van der Waals surface area contributed by atoms with Gasteiger partial charge in [-0.25, -0.2) is 4.79 Å². The Morgan fingerprint density at radius 3 is 2.86 bits per heavy atom. The highest BCUT2D eigenvalue weighted by molar-refractivity contribution is 7.19. The molecule has 0 spiro atoms. The van der Waals surface area contributed by atoms with Gasteiger partial charge >= 0.3 is 5.69 Å². The van der Waals surface area contributed by atoms with Crippen LogP contribution in [-0.2, 0) is 19.4 Å². The smallest absolute Gasteiger partial charge is 0.350 e. The molecule has 0 unspecified atom stereocenters. The van der Waals surface area contributed by atoms with Crippen LogP contribution >= 0.6 is 11.3 Å². The number of nitrogens with zero attached hydrogens (tertiary/aromatic N) is 3. The SMILES string of the molecule is CN(C)CCCn1c(=O)nc(N)c2c3c(sc21)CCCC3. The molecule has 0 saturated carbocycles. The minimum Gasteiger partial charge on any atom is -0.383 e. The van der Waals surface area contributed by atoms with E-state index in [1.165, 1.54) is 23.3 Å². The Balaban J connectivity index is 2.07. The van der Waals surface area contributed by atoms with Gasteiger partial charge in [0.2, 0.25) is 0 Å². The molecule has 1 aliphatic rings. The third-order valence-electron chi connectivity index (χ3n) is 4.09.